The lowest BCUT2D eigenvalue weighted by Gasteiger charge is -2.41. The molecule has 1 unspecified atom stereocenters. The number of hydrogen-bond donors (Lipinski definition) is 2. The monoisotopic (exact) mass is 568 g/mol. The molecule has 236 valence electrons. The van der Waals surface area contributed by atoms with Gasteiger partial charge in [-0.25, -0.2) is 9.59 Å². The van der Waals surface area contributed by atoms with Crippen molar-refractivity contribution in [3.8, 4) is 0 Å². The number of amides is 2. The SMILES string of the molecule is CC(C)(C)OC(=O)NCCC1CCCN(C(C)(C)C)C1.CC(C)(C)OC(=O)NCCC1CCN(C(C)(C)C)CC1. The van der Waals surface area contributed by atoms with E-state index >= 15 is 0 Å². The van der Waals surface area contributed by atoms with E-state index in [1.807, 2.05) is 41.5 Å². The molecule has 8 nitrogen and oxygen atoms in total. The Balaban J connectivity index is 0.000000400. The van der Waals surface area contributed by atoms with Gasteiger partial charge in [0.1, 0.15) is 11.2 Å². The molecular weight excluding hydrogens is 504 g/mol. The molecule has 0 aromatic heterocycles. The molecule has 2 rings (SSSR count). The van der Waals surface area contributed by atoms with E-state index in [1.165, 1.54) is 45.3 Å². The van der Waals surface area contributed by atoms with Gasteiger partial charge in [-0.3, -0.25) is 9.80 Å². The molecular formula is C32H64N4O4. The van der Waals surface area contributed by atoms with Crippen LogP contribution in [0, 0.1) is 11.8 Å². The van der Waals surface area contributed by atoms with E-state index in [-0.39, 0.29) is 23.3 Å². The van der Waals surface area contributed by atoms with Crippen LogP contribution in [0.15, 0.2) is 0 Å². The third-order valence-corrected chi connectivity index (χ3v) is 7.47. The molecule has 0 aromatic carbocycles. The summed E-state index contributed by atoms with van der Waals surface area (Å²) in [7, 11) is 0. The van der Waals surface area contributed by atoms with Crippen molar-refractivity contribution in [1.82, 2.24) is 20.4 Å². The molecule has 2 amide bonds. The minimum absolute atomic E-state index is 0.247. The molecule has 0 aromatic rings. The summed E-state index contributed by atoms with van der Waals surface area (Å²) in [6.07, 6.45) is 6.46. The Labute approximate surface area is 246 Å². The zero-order valence-corrected chi connectivity index (χ0v) is 28.2. The number of rotatable bonds is 6. The number of nitrogens with zero attached hydrogens (tertiary/aromatic N) is 2. The van der Waals surface area contributed by atoms with Gasteiger partial charge < -0.3 is 20.1 Å². The zero-order chi connectivity index (χ0) is 30.8. The molecule has 0 spiro atoms. The maximum absolute atomic E-state index is 11.6. The summed E-state index contributed by atoms with van der Waals surface area (Å²) in [5, 5.41) is 5.71. The van der Waals surface area contributed by atoms with E-state index in [0.29, 0.717) is 12.5 Å². The third-order valence-electron chi connectivity index (χ3n) is 7.47. The van der Waals surface area contributed by atoms with E-state index in [0.717, 1.165) is 31.8 Å². The van der Waals surface area contributed by atoms with Gasteiger partial charge in [-0.05, 0) is 153 Å². The van der Waals surface area contributed by atoms with Crippen molar-refractivity contribution in [1.29, 1.82) is 0 Å². The largest absolute Gasteiger partial charge is 0.444 e. The number of nitrogens with one attached hydrogen (secondary N) is 2. The van der Waals surface area contributed by atoms with Crippen molar-refractivity contribution in [2.45, 2.75) is 144 Å². The van der Waals surface area contributed by atoms with E-state index in [4.69, 9.17) is 9.47 Å². The summed E-state index contributed by atoms with van der Waals surface area (Å²) >= 11 is 0. The van der Waals surface area contributed by atoms with Gasteiger partial charge in [-0.2, -0.15) is 0 Å². The lowest BCUT2D eigenvalue weighted by molar-refractivity contribution is 0.0501. The molecule has 2 aliphatic heterocycles. The first-order valence-electron chi connectivity index (χ1n) is 15.6. The molecule has 1 atom stereocenters. The van der Waals surface area contributed by atoms with Gasteiger partial charge in [-0.1, -0.05) is 0 Å². The Bertz CT molecular complexity index is 751. The molecule has 8 heteroatoms. The molecule has 2 N–H and O–H groups in total. The highest BCUT2D eigenvalue weighted by Gasteiger charge is 2.28. The average Bonchev–Trinajstić information content (AvgIpc) is 2.76. The molecule has 40 heavy (non-hydrogen) atoms. The molecule has 0 aliphatic carbocycles. The van der Waals surface area contributed by atoms with Crippen LogP contribution in [0.25, 0.3) is 0 Å². The molecule has 0 bridgehead atoms. The Hall–Kier alpha value is -1.54. The van der Waals surface area contributed by atoms with Crippen LogP contribution < -0.4 is 10.6 Å². The molecule has 2 heterocycles. The summed E-state index contributed by atoms with van der Waals surface area (Å²) in [4.78, 5) is 28.2. The molecule has 2 saturated heterocycles. The molecule has 2 aliphatic rings. The van der Waals surface area contributed by atoms with Crippen LogP contribution in [0.3, 0.4) is 0 Å². The van der Waals surface area contributed by atoms with Crippen LogP contribution in [-0.2, 0) is 9.47 Å². The Morgan fingerprint density at radius 1 is 0.625 bits per heavy atom. The third kappa shape index (κ3) is 16.7. The quantitative estimate of drug-likeness (QED) is 0.366. The van der Waals surface area contributed by atoms with Gasteiger partial charge in [-0.15, -0.1) is 0 Å². The maximum Gasteiger partial charge on any atom is 0.407 e. The van der Waals surface area contributed by atoms with Crippen LogP contribution in [0.5, 0.6) is 0 Å². The fourth-order valence-electron chi connectivity index (χ4n) is 5.19. The number of likely N-dealkylation sites (tertiary alicyclic amines) is 2. The summed E-state index contributed by atoms with van der Waals surface area (Å²) in [5.41, 5.74) is -0.308. The second kappa shape index (κ2) is 15.6. The predicted octanol–water partition coefficient (Wildman–Crippen LogP) is 6.82. The second-order valence-electron chi connectivity index (χ2n) is 15.7. The maximum atomic E-state index is 11.6. The Morgan fingerprint density at radius 2 is 1.05 bits per heavy atom. The standard InChI is InChI=1S/2C16H32N2O2/c1-15(2,3)18-11-8-13(9-12-18)7-10-17-14(19)20-16(4,5)6;1-15(2,3)18-11-7-8-13(12-18)9-10-17-14(19)20-16(4,5)6/h2*13H,7-12H2,1-6H3,(H,17,19). The van der Waals surface area contributed by atoms with Crippen LogP contribution in [-0.4, -0.2) is 83.5 Å². The summed E-state index contributed by atoms with van der Waals surface area (Å²) in [5.74, 6) is 1.40. The van der Waals surface area contributed by atoms with Crippen molar-refractivity contribution in [3.63, 3.8) is 0 Å². The first-order chi connectivity index (χ1) is 18.2. The van der Waals surface area contributed by atoms with Gasteiger partial charge in [0.2, 0.25) is 0 Å². The van der Waals surface area contributed by atoms with Crippen molar-refractivity contribution in [2.75, 3.05) is 39.3 Å². The fraction of sp³-hybridized carbons (Fsp3) is 0.938. The van der Waals surface area contributed by atoms with Gasteiger partial charge in [0.15, 0.2) is 0 Å². The summed E-state index contributed by atoms with van der Waals surface area (Å²) < 4.78 is 10.5. The van der Waals surface area contributed by atoms with E-state index in [2.05, 4.69) is 62.0 Å². The van der Waals surface area contributed by atoms with Crippen LogP contribution in [0.2, 0.25) is 0 Å². The molecule has 2 fully saturated rings. The second-order valence-corrected chi connectivity index (χ2v) is 15.7. The minimum Gasteiger partial charge on any atom is -0.444 e. The van der Waals surface area contributed by atoms with Crippen molar-refractivity contribution in [2.24, 2.45) is 11.8 Å². The molecule has 0 radical (unpaired) electrons. The minimum atomic E-state index is -0.419. The van der Waals surface area contributed by atoms with E-state index in [1.54, 1.807) is 0 Å². The zero-order valence-electron chi connectivity index (χ0n) is 28.2. The highest BCUT2D eigenvalue weighted by atomic mass is 16.6. The van der Waals surface area contributed by atoms with Crippen LogP contribution >= 0.6 is 0 Å². The van der Waals surface area contributed by atoms with Crippen LogP contribution in [0.4, 0.5) is 9.59 Å². The van der Waals surface area contributed by atoms with E-state index < -0.39 is 11.2 Å². The van der Waals surface area contributed by atoms with Gasteiger partial charge in [0.05, 0.1) is 0 Å². The van der Waals surface area contributed by atoms with Crippen molar-refractivity contribution < 1.29 is 19.1 Å². The van der Waals surface area contributed by atoms with Crippen molar-refractivity contribution >= 4 is 12.2 Å². The number of hydrogen-bond acceptors (Lipinski definition) is 6. The van der Waals surface area contributed by atoms with E-state index in [9.17, 15) is 9.59 Å². The normalized spacial score (nSPS) is 20.2. The average molecular weight is 569 g/mol. The number of piperidine rings is 2. The summed E-state index contributed by atoms with van der Waals surface area (Å²) in [6, 6.07) is 0. The number of carbonyl (C=O) groups excluding carboxylic acids is 2. The first kappa shape index (κ1) is 36.5. The molecule has 0 saturated carbocycles. The Morgan fingerprint density at radius 3 is 1.45 bits per heavy atom. The van der Waals surface area contributed by atoms with Crippen LogP contribution in [0.1, 0.15) is 122 Å². The highest BCUT2D eigenvalue weighted by Crippen LogP contribution is 2.26. The van der Waals surface area contributed by atoms with Gasteiger partial charge in [0, 0.05) is 30.7 Å². The number of carbonyl (C=O) groups is 2. The smallest absolute Gasteiger partial charge is 0.407 e. The highest BCUT2D eigenvalue weighted by molar-refractivity contribution is 5.67. The Kier molecular flexibility index (Phi) is 14.2. The number of alkyl carbamates (subject to hydrolysis) is 2. The lowest BCUT2D eigenvalue weighted by atomic mass is 9.91. The van der Waals surface area contributed by atoms with Crippen molar-refractivity contribution in [3.05, 3.63) is 0 Å². The van der Waals surface area contributed by atoms with Gasteiger partial charge >= 0.3 is 12.2 Å². The topological polar surface area (TPSA) is 83.1 Å². The predicted molar refractivity (Wildman–Crippen MR) is 166 cm³/mol. The summed E-state index contributed by atoms with van der Waals surface area (Å²) in [6.45, 7) is 31.0. The number of ether oxygens (including phenoxy) is 2. The first-order valence-corrected chi connectivity index (χ1v) is 15.6. The van der Waals surface area contributed by atoms with Gasteiger partial charge in [0.25, 0.3) is 0 Å². The lowest BCUT2D eigenvalue weighted by Crippen LogP contribution is -2.47. The fourth-order valence-corrected chi connectivity index (χ4v) is 5.19.